The molecule has 0 saturated heterocycles. The van der Waals surface area contributed by atoms with Crippen molar-refractivity contribution in [2.45, 2.75) is 6.42 Å². The first-order chi connectivity index (χ1) is 21.2. The van der Waals surface area contributed by atoms with Gasteiger partial charge in [0.25, 0.3) is 0 Å². The second kappa shape index (κ2) is 14.4. The lowest BCUT2D eigenvalue weighted by Crippen LogP contribution is -2.41. The molecule has 0 saturated carbocycles. The van der Waals surface area contributed by atoms with E-state index >= 15 is 0 Å². The SMILES string of the molecule is Nc1ccccc1C(=O)OCC(COC(=O)c1ccccc1N)(COC(=O)c1ccccc1N)Cc1ccccc1NC=O. The van der Waals surface area contributed by atoms with E-state index in [0.717, 1.165) is 0 Å². The van der Waals surface area contributed by atoms with Gasteiger partial charge in [-0.1, -0.05) is 54.6 Å². The van der Waals surface area contributed by atoms with E-state index in [1.807, 2.05) is 0 Å². The van der Waals surface area contributed by atoms with Gasteiger partial charge in [0.15, 0.2) is 0 Å². The highest BCUT2D eigenvalue weighted by atomic mass is 16.6. The maximum absolute atomic E-state index is 13.1. The second-order valence-corrected chi connectivity index (χ2v) is 10.1. The first kappa shape index (κ1) is 31.1. The van der Waals surface area contributed by atoms with Crippen LogP contribution < -0.4 is 22.5 Å². The van der Waals surface area contributed by atoms with Gasteiger partial charge in [-0.2, -0.15) is 0 Å². The third-order valence-electron chi connectivity index (χ3n) is 6.87. The quantitative estimate of drug-likeness (QED) is 0.0757. The molecule has 1 amide bonds. The molecule has 0 aromatic heterocycles. The molecule has 0 unspecified atom stereocenters. The Balaban J connectivity index is 1.71. The third-order valence-corrected chi connectivity index (χ3v) is 6.87. The van der Waals surface area contributed by atoms with Crippen LogP contribution in [0.2, 0.25) is 0 Å². The predicted molar refractivity (Wildman–Crippen MR) is 166 cm³/mol. The number of nitrogens with one attached hydrogen (secondary N) is 1. The van der Waals surface area contributed by atoms with Crippen LogP contribution in [-0.2, 0) is 25.4 Å². The highest BCUT2D eigenvalue weighted by Gasteiger charge is 2.38. The summed E-state index contributed by atoms with van der Waals surface area (Å²) in [6, 6.07) is 26.1. The van der Waals surface area contributed by atoms with Crippen LogP contribution in [-0.4, -0.2) is 44.1 Å². The molecule has 0 aliphatic carbocycles. The number of para-hydroxylation sites is 4. The van der Waals surface area contributed by atoms with Gasteiger partial charge < -0.3 is 36.7 Å². The number of hydrogen-bond donors (Lipinski definition) is 4. The Morgan fingerprint density at radius 1 is 0.591 bits per heavy atom. The highest BCUT2D eigenvalue weighted by molar-refractivity contribution is 5.96. The molecule has 4 aromatic carbocycles. The van der Waals surface area contributed by atoms with Crippen molar-refractivity contribution in [3.05, 3.63) is 119 Å². The number of nitrogens with two attached hydrogens (primary N) is 3. The molecular weight excluding hydrogens is 564 g/mol. The van der Waals surface area contributed by atoms with Gasteiger partial charge >= 0.3 is 17.9 Å². The number of hydrogen-bond acceptors (Lipinski definition) is 10. The largest absolute Gasteiger partial charge is 0.461 e. The maximum atomic E-state index is 13.1. The topological polar surface area (TPSA) is 186 Å². The number of carbonyl (C=O) groups excluding carboxylic acids is 4. The summed E-state index contributed by atoms with van der Waals surface area (Å²) in [5.74, 6) is -2.20. The fourth-order valence-corrected chi connectivity index (χ4v) is 4.50. The molecule has 0 bridgehead atoms. The number of nitrogen functional groups attached to an aromatic ring is 3. The molecule has 0 spiro atoms. The maximum Gasteiger partial charge on any atom is 0.340 e. The lowest BCUT2D eigenvalue weighted by atomic mass is 9.83. The van der Waals surface area contributed by atoms with Gasteiger partial charge in [0.2, 0.25) is 6.41 Å². The monoisotopic (exact) mass is 596 g/mol. The number of carbonyl (C=O) groups is 4. The van der Waals surface area contributed by atoms with Crippen molar-refractivity contribution in [1.82, 2.24) is 0 Å². The number of anilines is 4. The summed E-state index contributed by atoms with van der Waals surface area (Å²) in [6.45, 7) is -1.11. The Hall–Kier alpha value is -5.84. The van der Waals surface area contributed by atoms with Crippen molar-refractivity contribution in [2.75, 3.05) is 42.3 Å². The first-order valence-electron chi connectivity index (χ1n) is 13.6. The van der Waals surface area contributed by atoms with E-state index in [2.05, 4.69) is 5.32 Å². The number of ether oxygens (including phenoxy) is 3. The molecule has 0 radical (unpaired) electrons. The number of amides is 1. The lowest BCUT2D eigenvalue weighted by molar-refractivity contribution is -0.105. The van der Waals surface area contributed by atoms with Crippen molar-refractivity contribution in [2.24, 2.45) is 5.41 Å². The summed E-state index contributed by atoms with van der Waals surface area (Å²) in [5.41, 5.74) is 18.7. The van der Waals surface area contributed by atoms with Gasteiger partial charge in [-0.3, -0.25) is 4.79 Å². The number of rotatable bonds is 13. The van der Waals surface area contributed by atoms with Crippen molar-refractivity contribution < 1.29 is 33.4 Å². The average Bonchev–Trinajstić information content (AvgIpc) is 3.03. The molecule has 0 heterocycles. The average molecular weight is 597 g/mol. The van der Waals surface area contributed by atoms with E-state index in [0.29, 0.717) is 17.7 Å². The normalized spacial score (nSPS) is 10.8. The van der Waals surface area contributed by atoms with Crippen LogP contribution in [0.25, 0.3) is 0 Å². The van der Waals surface area contributed by atoms with Crippen LogP contribution in [0.15, 0.2) is 97.1 Å². The fraction of sp³-hybridized carbons (Fsp3) is 0.152. The Kier molecular flexibility index (Phi) is 10.2. The Bertz CT molecular complexity index is 1510. The van der Waals surface area contributed by atoms with E-state index < -0.39 is 23.3 Å². The molecule has 0 aliphatic heterocycles. The zero-order valence-corrected chi connectivity index (χ0v) is 23.7. The molecule has 11 nitrogen and oxygen atoms in total. The smallest absolute Gasteiger partial charge is 0.340 e. The van der Waals surface area contributed by atoms with E-state index in [9.17, 15) is 19.2 Å². The van der Waals surface area contributed by atoms with Crippen LogP contribution in [0.5, 0.6) is 0 Å². The molecule has 44 heavy (non-hydrogen) atoms. The van der Waals surface area contributed by atoms with Gasteiger partial charge in [0.05, 0.1) is 22.1 Å². The van der Waals surface area contributed by atoms with E-state index in [1.54, 1.807) is 78.9 Å². The van der Waals surface area contributed by atoms with E-state index in [-0.39, 0.29) is 60.0 Å². The molecule has 4 aromatic rings. The van der Waals surface area contributed by atoms with Gasteiger partial charge in [-0.15, -0.1) is 0 Å². The van der Waals surface area contributed by atoms with Crippen molar-refractivity contribution in [3.63, 3.8) is 0 Å². The zero-order chi connectivity index (χ0) is 31.5. The van der Waals surface area contributed by atoms with Crippen LogP contribution in [0.4, 0.5) is 22.7 Å². The number of benzene rings is 4. The highest BCUT2D eigenvalue weighted by Crippen LogP contribution is 2.31. The Labute approximate surface area is 253 Å². The molecule has 0 fully saturated rings. The van der Waals surface area contributed by atoms with Gasteiger partial charge in [-0.25, -0.2) is 14.4 Å². The molecule has 0 atom stereocenters. The van der Waals surface area contributed by atoms with E-state index in [1.165, 1.54) is 18.2 Å². The second-order valence-electron chi connectivity index (χ2n) is 10.1. The summed E-state index contributed by atoms with van der Waals surface area (Å²) in [4.78, 5) is 50.7. The first-order valence-corrected chi connectivity index (χ1v) is 13.6. The Morgan fingerprint density at radius 2 is 0.955 bits per heavy atom. The van der Waals surface area contributed by atoms with Gasteiger partial charge in [0.1, 0.15) is 19.8 Å². The minimum Gasteiger partial charge on any atom is -0.461 e. The number of esters is 3. The van der Waals surface area contributed by atoms with Crippen LogP contribution >= 0.6 is 0 Å². The van der Waals surface area contributed by atoms with Crippen LogP contribution in [0.3, 0.4) is 0 Å². The summed E-state index contributed by atoms with van der Waals surface area (Å²) in [5, 5.41) is 2.64. The Morgan fingerprint density at radius 3 is 1.34 bits per heavy atom. The minimum absolute atomic E-state index is 0.0384. The molecule has 226 valence electrons. The standard InChI is InChI=1S/C33H32N4O7/c34-26-13-5-2-10-23(26)30(39)42-18-33(17-22-9-1-8-16-29(22)37-21-38,19-43-31(40)24-11-3-6-14-27(24)35)20-44-32(41)25-12-4-7-15-28(25)36/h1-16,21H,17-20,34-36H2,(H,37,38). The molecule has 0 aliphatic rings. The van der Waals surface area contributed by atoms with Crippen LogP contribution in [0.1, 0.15) is 36.6 Å². The summed E-state index contributed by atoms with van der Waals surface area (Å²) in [7, 11) is 0. The van der Waals surface area contributed by atoms with Gasteiger partial charge in [-0.05, 0) is 54.4 Å². The summed E-state index contributed by atoms with van der Waals surface area (Å²) >= 11 is 0. The summed E-state index contributed by atoms with van der Waals surface area (Å²) < 4.78 is 17.2. The molecule has 4 rings (SSSR count). The molecule has 7 N–H and O–H groups in total. The fourth-order valence-electron chi connectivity index (χ4n) is 4.50. The van der Waals surface area contributed by atoms with Crippen LogP contribution in [0, 0.1) is 5.41 Å². The lowest BCUT2D eigenvalue weighted by Gasteiger charge is -2.33. The predicted octanol–water partition coefficient (Wildman–Crippen LogP) is 4.10. The molecular formula is C33H32N4O7. The van der Waals surface area contributed by atoms with Crippen molar-refractivity contribution >= 4 is 47.1 Å². The van der Waals surface area contributed by atoms with Crippen molar-refractivity contribution in [1.29, 1.82) is 0 Å². The zero-order valence-electron chi connectivity index (χ0n) is 23.7. The van der Waals surface area contributed by atoms with Gasteiger partial charge in [0, 0.05) is 22.7 Å². The summed E-state index contributed by atoms with van der Waals surface area (Å²) in [6.07, 6.45) is 0.561. The third kappa shape index (κ3) is 7.71. The van der Waals surface area contributed by atoms with E-state index in [4.69, 9.17) is 31.4 Å². The minimum atomic E-state index is -1.35. The van der Waals surface area contributed by atoms with Crippen molar-refractivity contribution in [3.8, 4) is 0 Å². The molecule has 11 heteroatoms.